The first-order valence-electron chi connectivity index (χ1n) is 8.72. The number of nitrogens with two attached hydrogens (primary N) is 1. The van der Waals surface area contributed by atoms with Crippen LogP contribution in [0.1, 0.15) is 32.2 Å². The Morgan fingerprint density at radius 2 is 1.88 bits per heavy atom. The molecule has 0 saturated heterocycles. The first kappa shape index (κ1) is 17.1. The lowest BCUT2D eigenvalue weighted by atomic mass is 10.1. The van der Waals surface area contributed by atoms with Gasteiger partial charge in [0.1, 0.15) is 0 Å². The van der Waals surface area contributed by atoms with E-state index in [0.717, 1.165) is 23.1 Å². The van der Waals surface area contributed by atoms with Gasteiger partial charge in [0.15, 0.2) is 0 Å². The van der Waals surface area contributed by atoms with Crippen LogP contribution in [0, 0.1) is 5.92 Å². The Morgan fingerprint density at radius 3 is 2.50 bits per heavy atom. The Hall–Kier alpha value is -2.38. The van der Waals surface area contributed by atoms with Gasteiger partial charge in [-0.2, -0.15) is 0 Å². The Morgan fingerprint density at radius 1 is 1.15 bits per heavy atom. The molecule has 1 saturated carbocycles. The van der Waals surface area contributed by atoms with E-state index in [1.54, 1.807) is 18.3 Å². The van der Waals surface area contributed by atoms with Crippen LogP contribution in [-0.4, -0.2) is 18.0 Å². The van der Waals surface area contributed by atoms with Crippen molar-refractivity contribution in [2.24, 2.45) is 11.1 Å². The molecule has 6 nitrogen and oxygen atoms in total. The molecule has 1 aliphatic rings. The van der Waals surface area contributed by atoms with E-state index in [9.17, 15) is 13.2 Å². The van der Waals surface area contributed by atoms with Crippen molar-refractivity contribution in [2.45, 2.75) is 37.1 Å². The van der Waals surface area contributed by atoms with Gasteiger partial charge >= 0.3 is 0 Å². The Bertz CT molecular complexity index is 1130. The fourth-order valence-corrected chi connectivity index (χ4v) is 4.59. The number of aromatic amines is 1. The maximum Gasteiger partial charge on any atom is 0.258 e. The highest BCUT2D eigenvalue weighted by Gasteiger charge is 2.27. The molecule has 0 amide bonds. The van der Waals surface area contributed by atoms with Crippen molar-refractivity contribution in [2.75, 3.05) is 0 Å². The van der Waals surface area contributed by atoms with E-state index in [-0.39, 0.29) is 10.5 Å². The average molecular weight is 371 g/mol. The maximum atomic E-state index is 12.5. The highest BCUT2D eigenvalue weighted by molar-refractivity contribution is 7.89. The molecule has 3 aromatic rings. The average Bonchev–Trinajstić information content (AvgIpc) is 3.18. The van der Waals surface area contributed by atoms with Gasteiger partial charge in [-0.15, -0.1) is 0 Å². The molecule has 7 heteroatoms. The van der Waals surface area contributed by atoms with Crippen molar-refractivity contribution in [3.8, 4) is 11.1 Å². The SMILES string of the molecule is CC1CCCC1n1cc(-c2ccc(S(N)(=O)=O)cc2)c2c(=O)[nH]ccc21. The van der Waals surface area contributed by atoms with E-state index >= 15 is 0 Å². The summed E-state index contributed by atoms with van der Waals surface area (Å²) >= 11 is 0. The Balaban J connectivity index is 1.92. The van der Waals surface area contributed by atoms with Gasteiger partial charge in [-0.1, -0.05) is 25.5 Å². The molecule has 1 aromatic carbocycles. The third kappa shape index (κ3) is 2.77. The van der Waals surface area contributed by atoms with Gasteiger partial charge in [-0.05, 0) is 42.5 Å². The van der Waals surface area contributed by atoms with Gasteiger partial charge < -0.3 is 9.55 Å². The van der Waals surface area contributed by atoms with Gasteiger partial charge in [0.05, 0.1) is 15.8 Å². The molecule has 2 heterocycles. The number of aromatic nitrogens is 2. The van der Waals surface area contributed by atoms with Crippen molar-refractivity contribution >= 4 is 20.9 Å². The standard InChI is InChI=1S/C19H21N3O3S/c1-12-3-2-4-16(12)22-11-15(18-17(22)9-10-21-19(18)23)13-5-7-14(8-6-13)26(20,24)25/h5-12,16H,2-4H2,1H3,(H,21,23)(H2,20,24,25). The number of nitrogens with zero attached hydrogens (tertiary/aromatic N) is 1. The molecule has 2 aromatic heterocycles. The molecule has 1 fully saturated rings. The van der Waals surface area contributed by atoms with Crippen LogP contribution in [0.5, 0.6) is 0 Å². The van der Waals surface area contributed by atoms with E-state index in [0.29, 0.717) is 17.3 Å². The highest BCUT2D eigenvalue weighted by Crippen LogP contribution is 2.39. The van der Waals surface area contributed by atoms with Crippen molar-refractivity contribution in [3.63, 3.8) is 0 Å². The summed E-state index contributed by atoms with van der Waals surface area (Å²) < 4.78 is 25.2. The van der Waals surface area contributed by atoms with Gasteiger partial charge in [0, 0.05) is 24.0 Å². The molecule has 0 spiro atoms. The highest BCUT2D eigenvalue weighted by atomic mass is 32.2. The number of hydrogen-bond acceptors (Lipinski definition) is 3. The van der Waals surface area contributed by atoms with Gasteiger partial charge in [0.2, 0.25) is 10.0 Å². The lowest BCUT2D eigenvalue weighted by molar-refractivity contribution is 0.418. The first-order valence-corrected chi connectivity index (χ1v) is 10.3. The van der Waals surface area contributed by atoms with Gasteiger partial charge in [0.25, 0.3) is 5.56 Å². The number of benzene rings is 1. The zero-order valence-corrected chi connectivity index (χ0v) is 15.3. The molecule has 136 valence electrons. The zero-order chi connectivity index (χ0) is 18.5. The van der Waals surface area contributed by atoms with Crippen molar-refractivity contribution < 1.29 is 8.42 Å². The topological polar surface area (TPSA) is 97.9 Å². The first-order chi connectivity index (χ1) is 12.4. The van der Waals surface area contributed by atoms with Crippen molar-refractivity contribution in [1.29, 1.82) is 0 Å². The lowest BCUT2D eigenvalue weighted by Crippen LogP contribution is -2.11. The summed E-state index contributed by atoms with van der Waals surface area (Å²) in [6, 6.07) is 8.65. The summed E-state index contributed by atoms with van der Waals surface area (Å²) in [5.74, 6) is 0.558. The van der Waals surface area contributed by atoms with Gasteiger partial charge in [-0.3, -0.25) is 4.79 Å². The number of pyridine rings is 1. The molecular formula is C19H21N3O3S. The van der Waals surface area contributed by atoms with Crippen molar-refractivity contribution in [3.05, 3.63) is 53.1 Å². The molecule has 1 aliphatic carbocycles. The molecule has 26 heavy (non-hydrogen) atoms. The Kier molecular flexibility index (Phi) is 4.00. The van der Waals surface area contributed by atoms with E-state index in [1.165, 1.54) is 25.0 Å². The number of rotatable bonds is 3. The summed E-state index contributed by atoms with van der Waals surface area (Å²) in [4.78, 5) is 15.3. The summed E-state index contributed by atoms with van der Waals surface area (Å²) in [5.41, 5.74) is 2.38. The minimum Gasteiger partial charge on any atom is -0.343 e. The second kappa shape index (κ2) is 6.10. The third-order valence-corrected chi connectivity index (χ3v) is 6.35. The molecular weight excluding hydrogens is 350 g/mol. The van der Waals surface area contributed by atoms with Crippen LogP contribution in [-0.2, 0) is 10.0 Å². The Labute approximate surface area is 151 Å². The van der Waals surface area contributed by atoms with Crippen LogP contribution < -0.4 is 10.7 Å². The molecule has 0 bridgehead atoms. The minimum atomic E-state index is -3.74. The fraction of sp³-hybridized carbons (Fsp3) is 0.316. The minimum absolute atomic E-state index is 0.0586. The quantitative estimate of drug-likeness (QED) is 0.740. The van der Waals surface area contributed by atoms with Crippen LogP contribution in [0.4, 0.5) is 0 Å². The molecule has 4 rings (SSSR count). The van der Waals surface area contributed by atoms with E-state index in [2.05, 4.69) is 16.5 Å². The molecule has 2 atom stereocenters. The van der Waals surface area contributed by atoms with Crippen LogP contribution in [0.25, 0.3) is 22.0 Å². The summed E-state index contributed by atoms with van der Waals surface area (Å²) in [6.45, 7) is 2.25. The number of fused-ring (bicyclic) bond motifs is 1. The smallest absolute Gasteiger partial charge is 0.258 e. The third-order valence-electron chi connectivity index (χ3n) is 5.42. The lowest BCUT2D eigenvalue weighted by Gasteiger charge is -2.18. The second-order valence-corrected chi connectivity index (χ2v) is 8.62. The number of H-pyrrole nitrogens is 1. The molecule has 2 unspecified atom stereocenters. The maximum absolute atomic E-state index is 12.5. The van der Waals surface area contributed by atoms with Gasteiger partial charge in [-0.25, -0.2) is 13.6 Å². The molecule has 0 aliphatic heterocycles. The van der Waals surface area contributed by atoms with Crippen LogP contribution in [0.2, 0.25) is 0 Å². The second-order valence-electron chi connectivity index (χ2n) is 7.06. The number of primary sulfonamides is 1. The predicted molar refractivity (Wildman–Crippen MR) is 101 cm³/mol. The summed E-state index contributed by atoms with van der Waals surface area (Å²) in [7, 11) is -3.74. The fourth-order valence-electron chi connectivity index (χ4n) is 4.07. The summed E-state index contributed by atoms with van der Waals surface area (Å²) in [6.07, 6.45) is 7.17. The largest absolute Gasteiger partial charge is 0.343 e. The van der Waals surface area contributed by atoms with E-state index < -0.39 is 10.0 Å². The van der Waals surface area contributed by atoms with Crippen LogP contribution in [0.3, 0.4) is 0 Å². The summed E-state index contributed by atoms with van der Waals surface area (Å²) in [5, 5.41) is 5.81. The monoisotopic (exact) mass is 371 g/mol. The van der Waals surface area contributed by atoms with Crippen LogP contribution >= 0.6 is 0 Å². The number of nitrogens with one attached hydrogen (secondary N) is 1. The number of hydrogen-bond donors (Lipinski definition) is 2. The van der Waals surface area contributed by atoms with E-state index in [4.69, 9.17) is 5.14 Å². The van der Waals surface area contributed by atoms with E-state index in [1.807, 2.05) is 12.3 Å². The zero-order valence-electron chi connectivity index (χ0n) is 14.5. The molecule has 3 N–H and O–H groups in total. The normalized spacial score (nSPS) is 20.7. The molecule has 0 radical (unpaired) electrons. The van der Waals surface area contributed by atoms with Crippen LogP contribution in [0.15, 0.2) is 52.4 Å². The number of sulfonamides is 1. The predicted octanol–water partition coefficient (Wildman–Crippen LogP) is 3.01. The van der Waals surface area contributed by atoms with Crippen molar-refractivity contribution in [1.82, 2.24) is 9.55 Å².